The lowest BCUT2D eigenvalue weighted by molar-refractivity contribution is 0.112. The first kappa shape index (κ1) is 9.61. The maximum Gasteiger partial charge on any atom is 0.151 e. The molecule has 1 aromatic heterocycles. The molecule has 68 valence electrons. The van der Waals surface area contributed by atoms with Crippen molar-refractivity contribution >= 4 is 12.4 Å². The van der Waals surface area contributed by atoms with Crippen LogP contribution in [-0.4, -0.2) is 17.8 Å². The van der Waals surface area contributed by atoms with Gasteiger partial charge in [0.25, 0.3) is 0 Å². The predicted octanol–water partition coefficient (Wildman–Crippen LogP) is 1.26. The number of carbonyl (C=O) groups excluding carboxylic acids is 1. The highest BCUT2D eigenvalue weighted by Gasteiger charge is 1.90. The Morgan fingerprint density at radius 2 is 2.15 bits per heavy atom. The van der Waals surface area contributed by atoms with E-state index in [0.29, 0.717) is 12.1 Å². The Labute approximate surface area is 77.3 Å². The summed E-state index contributed by atoms with van der Waals surface area (Å²) in [6.45, 7) is 0.636. The van der Waals surface area contributed by atoms with Crippen LogP contribution in [-0.2, 0) is 0 Å². The van der Waals surface area contributed by atoms with E-state index in [1.807, 2.05) is 12.2 Å². The van der Waals surface area contributed by atoms with Crippen molar-refractivity contribution in [3.63, 3.8) is 0 Å². The molecule has 0 bridgehead atoms. The highest BCUT2D eigenvalue weighted by molar-refractivity contribution is 5.75. The molecule has 0 radical (unpaired) electrons. The fraction of sp³-hybridized carbons (Fsp3) is 0.200. The quantitative estimate of drug-likeness (QED) is 0.702. The summed E-state index contributed by atoms with van der Waals surface area (Å²) in [6.07, 6.45) is 8.74. The summed E-state index contributed by atoms with van der Waals surface area (Å²) in [5.41, 5.74) is 6.85. The number of aldehydes is 1. The van der Waals surface area contributed by atoms with Crippen molar-refractivity contribution in [3.8, 4) is 0 Å². The van der Waals surface area contributed by atoms with Crippen LogP contribution in [0.15, 0.2) is 24.5 Å². The van der Waals surface area contributed by atoms with Crippen molar-refractivity contribution in [2.75, 3.05) is 6.54 Å². The maximum atomic E-state index is 10.4. The second-order valence-electron chi connectivity index (χ2n) is 2.65. The SMILES string of the molecule is NCCC=Cc1cncc(C=O)c1. The number of aromatic nitrogens is 1. The summed E-state index contributed by atoms with van der Waals surface area (Å²) in [5, 5.41) is 0. The summed E-state index contributed by atoms with van der Waals surface area (Å²) in [7, 11) is 0. The molecular formula is C10H12N2O. The summed E-state index contributed by atoms with van der Waals surface area (Å²) >= 11 is 0. The van der Waals surface area contributed by atoms with Gasteiger partial charge < -0.3 is 5.73 Å². The van der Waals surface area contributed by atoms with Gasteiger partial charge in [-0.05, 0) is 24.6 Å². The van der Waals surface area contributed by atoms with E-state index in [4.69, 9.17) is 5.73 Å². The molecule has 0 aliphatic rings. The minimum atomic E-state index is 0.592. The van der Waals surface area contributed by atoms with Gasteiger partial charge in [0.2, 0.25) is 0 Å². The molecule has 3 heteroatoms. The van der Waals surface area contributed by atoms with E-state index < -0.39 is 0 Å². The monoisotopic (exact) mass is 176 g/mol. The number of nitrogens with two attached hydrogens (primary N) is 1. The Balaban J connectivity index is 2.71. The maximum absolute atomic E-state index is 10.4. The molecule has 0 aromatic carbocycles. The van der Waals surface area contributed by atoms with Crippen LogP contribution < -0.4 is 5.73 Å². The van der Waals surface area contributed by atoms with Crippen LogP contribution in [0.1, 0.15) is 22.3 Å². The smallest absolute Gasteiger partial charge is 0.151 e. The van der Waals surface area contributed by atoms with Crippen molar-refractivity contribution in [2.45, 2.75) is 6.42 Å². The van der Waals surface area contributed by atoms with E-state index >= 15 is 0 Å². The van der Waals surface area contributed by atoms with E-state index in [9.17, 15) is 4.79 Å². The molecule has 0 aliphatic carbocycles. The van der Waals surface area contributed by atoms with Gasteiger partial charge in [-0.15, -0.1) is 0 Å². The fourth-order valence-corrected chi connectivity index (χ4v) is 0.948. The number of hydrogen-bond donors (Lipinski definition) is 1. The van der Waals surface area contributed by atoms with E-state index in [0.717, 1.165) is 18.3 Å². The highest BCUT2D eigenvalue weighted by atomic mass is 16.1. The zero-order valence-corrected chi connectivity index (χ0v) is 7.31. The molecule has 13 heavy (non-hydrogen) atoms. The minimum absolute atomic E-state index is 0.592. The molecule has 0 saturated carbocycles. The van der Waals surface area contributed by atoms with E-state index in [2.05, 4.69) is 4.98 Å². The second-order valence-corrected chi connectivity index (χ2v) is 2.65. The number of pyridine rings is 1. The van der Waals surface area contributed by atoms with E-state index in [1.165, 1.54) is 6.20 Å². The Morgan fingerprint density at radius 1 is 1.38 bits per heavy atom. The van der Waals surface area contributed by atoms with Crippen molar-refractivity contribution in [1.82, 2.24) is 4.98 Å². The van der Waals surface area contributed by atoms with E-state index in [-0.39, 0.29) is 0 Å². The molecule has 0 spiro atoms. The summed E-state index contributed by atoms with van der Waals surface area (Å²) in [6, 6.07) is 1.78. The lowest BCUT2D eigenvalue weighted by Gasteiger charge is -1.93. The standard InChI is InChI=1S/C10H12N2O/c11-4-2-1-3-9-5-10(8-13)7-12-6-9/h1,3,5-8H,2,4,11H2. The zero-order valence-electron chi connectivity index (χ0n) is 7.31. The van der Waals surface area contributed by atoms with Crippen LogP contribution in [0.2, 0.25) is 0 Å². The Bertz CT molecular complexity index is 308. The van der Waals surface area contributed by atoms with Gasteiger partial charge in [0.05, 0.1) is 0 Å². The third kappa shape index (κ3) is 3.17. The summed E-state index contributed by atoms with van der Waals surface area (Å²) < 4.78 is 0. The van der Waals surface area contributed by atoms with Gasteiger partial charge >= 0.3 is 0 Å². The first-order chi connectivity index (χ1) is 6.36. The number of hydrogen-bond acceptors (Lipinski definition) is 3. The summed E-state index contributed by atoms with van der Waals surface area (Å²) in [5.74, 6) is 0. The number of nitrogens with zero attached hydrogens (tertiary/aromatic N) is 1. The molecular weight excluding hydrogens is 164 g/mol. The van der Waals surface area contributed by atoms with Gasteiger partial charge in [-0.1, -0.05) is 12.2 Å². The van der Waals surface area contributed by atoms with Crippen LogP contribution in [0, 0.1) is 0 Å². The average Bonchev–Trinajstić information content (AvgIpc) is 2.19. The molecule has 0 amide bonds. The van der Waals surface area contributed by atoms with Crippen LogP contribution in [0.25, 0.3) is 6.08 Å². The molecule has 0 fully saturated rings. The second kappa shape index (κ2) is 5.22. The first-order valence-corrected chi connectivity index (χ1v) is 4.13. The van der Waals surface area contributed by atoms with Gasteiger partial charge in [0.1, 0.15) is 0 Å². The van der Waals surface area contributed by atoms with E-state index in [1.54, 1.807) is 12.3 Å². The Morgan fingerprint density at radius 3 is 2.85 bits per heavy atom. The third-order valence-corrected chi connectivity index (χ3v) is 1.56. The van der Waals surface area contributed by atoms with Crippen molar-refractivity contribution in [1.29, 1.82) is 0 Å². The number of rotatable bonds is 4. The lowest BCUT2D eigenvalue weighted by Crippen LogP contribution is -1.95. The van der Waals surface area contributed by atoms with Crippen LogP contribution in [0.4, 0.5) is 0 Å². The largest absolute Gasteiger partial charge is 0.330 e. The van der Waals surface area contributed by atoms with Gasteiger partial charge in [-0.3, -0.25) is 9.78 Å². The van der Waals surface area contributed by atoms with Crippen molar-refractivity contribution < 1.29 is 4.79 Å². The molecule has 1 rings (SSSR count). The lowest BCUT2D eigenvalue weighted by atomic mass is 10.2. The fourth-order valence-electron chi connectivity index (χ4n) is 0.948. The van der Waals surface area contributed by atoms with Crippen LogP contribution >= 0.6 is 0 Å². The molecule has 0 saturated heterocycles. The van der Waals surface area contributed by atoms with Gasteiger partial charge in [-0.2, -0.15) is 0 Å². The Hall–Kier alpha value is -1.48. The molecule has 0 aliphatic heterocycles. The van der Waals surface area contributed by atoms with Crippen molar-refractivity contribution in [3.05, 3.63) is 35.7 Å². The Kier molecular flexibility index (Phi) is 3.85. The molecule has 0 unspecified atom stereocenters. The highest BCUT2D eigenvalue weighted by Crippen LogP contribution is 2.03. The molecule has 1 aromatic rings. The molecule has 3 nitrogen and oxygen atoms in total. The molecule has 1 heterocycles. The first-order valence-electron chi connectivity index (χ1n) is 4.13. The topological polar surface area (TPSA) is 56.0 Å². The predicted molar refractivity (Wildman–Crippen MR) is 52.3 cm³/mol. The normalized spacial score (nSPS) is 10.5. The van der Waals surface area contributed by atoms with Crippen LogP contribution in [0.3, 0.4) is 0 Å². The zero-order chi connectivity index (χ0) is 9.52. The van der Waals surface area contributed by atoms with Crippen molar-refractivity contribution in [2.24, 2.45) is 5.73 Å². The third-order valence-electron chi connectivity index (χ3n) is 1.56. The molecule has 2 N–H and O–H groups in total. The minimum Gasteiger partial charge on any atom is -0.330 e. The van der Waals surface area contributed by atoms with Gasteiger partial charge in [0, 0.05) is 18.0 Å². The van der Waals surface area contributed by atoms with Gasteiger partial charge in [0.15, 0.2) is 6.29 Å². The van der Waals surface area contributed by atoms with Gasteiger partial charge in [-0.25, -0.2) is 0 Å². The number of carbonyl (C=O) groups is 1. The van der Waals surface area contributed by atoms with Crippen LogP contribution in [0.5, 0.6) is 0 Å². The average molecular weight is 176 g/mol. The molecule has 0 atom stereocenters. The summed E-state index contributed by atoms with van der Waals surface area (Å²) in [4.78, 5) is 14.3.